The molecule has 0 spiro atoms. The van der Waals surface area contributed by atoms with Crippen molar-refractivity contribution >= 4 is 0 Å². The fourth-order valence-electron chi connectivity index (χ4n) is 2.99. The summed E-state index contributed by atoms with van der Waals surface area (Å²) in [4.78, 5) is 0. The highest BCUT2D eigenvalue weighted by molar-refractivity contribution is 5.17. The first-order valence-corrected chi connectivity index (χ1v) is 6.41. The Labute approximate surface area is 88.8 Å². The normalized spacial score (nSPS) is 40.4. The quantitative estimate of drug-likeness (QED) is 0.566. The van der Waals surface area contributed by atoms with Crippen molar-refractivity contribution in [2.75, 3.05) is 0 Å². The van der Waals surface area contributed by atoms with Crippen LogP contribution in [-0.4, -0.2) is 0 Å². The van der Waals surface area contributed by atoms with Gasteiger partial charge in [0.05, 0.1) is 0 Å². The molecule has 0 saturated heterocycles. The Bertz CT molecular complexity index is 210. The molecular weight excluding hydrogens is 168 g/mol. The van der Waals surface area contributed by atoms with Gasteiger partial charge in [0, 0.05) is 0 Å². The highest BCUT2D eigenvalue weighted by atomic mass is 14.5. The van der Waals surface area contributed by atoms with Gasteiger partial charge >= 0.3 is 0 Å². The average molecular weight is 192 g/mol. The van der Waals surface area contributed by atoms with E-state index in [9.17, 15) is 0 Å². The molecule has 2 aliphatic rings. The SMILES string of the molecule is C=C(C1CC(C)C1)C1CC1CCCC. The van der Waals surface area contributed by atoms with Crippen molar-refractivity contribution in [3.05, 3.63) is 12.2 Å². The van der Waals surface area contributed by atoms with Crippen LogP contribution in [0.3, 0.4) is 0 Å². The summed E-state index contributed by atoms with van der Waals surface area (Å²) in [6.07, 6.45) is 8.56. The Balaban J connectivity index is 1.68. The first-order chi connectivity index (χ1) is 6.72. The number of hydrogen-bond donors (Lipinski definition) is 0. The lowest BCUT2D eigenvalue weighted by Crippen LogP contribution is -2.23. The maximum absolute atomic E-state index is 4.33. The van der Waals surface area contributed by atoms with Crippen molar-refractivity contribution in [1.82, 2.24) is 0 Å². The molecule has 0 N–H and O–H groups in total. The molecule has 0 aromatic heterocycles. The summed E-state index contributed by atoms with van der Waals surface area (Å²) >= 11 is 0. The minimum absolute atomic E-state index is 0.904. The third-order valence-corrected chi connectivity index (χ3v) is 4.23. The van der Waals surface area contributed by atoms with Crippen molar-refractivity contribution in [3.8, 4) is 0 Å². The molecule has 0 radical (unpaired) electrons. The van der Waals surface area contributed by atoms with E-state index < -0.39 is 0 Å². The Morgan fingerprint density at radius 1 is 1.29 bits per heavy atom. The van der Waals surface area contributed by atoms with E-state index in [2.05, 4.69) is 20.4 Å². The highest BCUT2D eigenvalue weighted by Crippen LogP contribution is 2.53. The molecular formula is C14H24. The second-order valence-electron chi connectivity index (χ2n) is 5.59. The zero-order chi connectivity index (χ0) is 10.1. The van der Waals surface area contributed by atoms with Gasteiger partial charge in [-0.3, -0.25) is 0 Å². The van der Waals surface area contributed by atoms with E-state index in [1.165, 1.54) is 38.5 Å². The van der Waals surface area contributed by atoms with Gasteiger partial charge in [-0.05, 0) is 49.4 Å². The highest BCUT2D eigenvalue weighted by Gasteiger charge is 2.42. The Morgan fingerprint density at radius 2 is 2.00 bits per heavy atom. The smallest absolute Gasteiger partial charge is 0.0172 e. The molecule has 0 heteroatoms. The largest absolute Gasteiger partial charge is 0.0993 e. The van der Waals surface area contributed by atoms with Gasteiger partial charge in [0.25, 0.3) is 0 Å². The van der Waals surface area contributed by atoms with Crippen molar-refractivity contribution < 1.29 is 0 Å². The molecule has 2 saturated carbocycles. The van der Waals surface area contributed by atoms with Gasteiger partial charge in [-0.15, -0.1) is 0 Å². The standard InChI is InChI=1S/C14H24/c1-4-5-6-12-9-14(12)11(3)13-7-10(2)8-13/h10,12-14H,3-9H2,1-2H3. The van der Waals surface area contributed by atoms with Crippen LogP contribution < -0.4 is 0 Å². The lowest BCUT2D eigenvalue weighted by molar-refractivity contribution is 0.241. The van der Waals surface area contributed by atoms with Crippen LogP contribution in [0.25, 0.3) is 0 Å². The Kier molecular flexibility index (Phi) is 2.99. The van der Waals surface area contributed by atoms with Crippen molar-refractivity contribution in [2.24, 2.45) is 23.7 Å². The van der Waals surface area contributed by atoms with Gasteiger partial charge in [0.2, 0.25) is 0 Å². The summed E-state index contributed by atoms with van der Waals surface area (Å²) in [5.74, 6) is 3.84. The molecule has 2 aliphatic carbocycles. The lowest BCUT2D eigenvalue weighted by Gasteiger charge is -2.34. The predicted octanol–water partition coefficient (Wildman–Crippen LogP) is 4.42. The molecule has 2 fully saturated rings. The van der Waals surface area contributed by atoms with Crippen LogP contribution in [0.4, 0.5) is 0 Å². The second kappa shape index (κ2) is 4.08. The molecule has 2 atom stereocenters. The van der Waals surface area contributed by atoms with E-state index in [4.69, 9.17) is 0 Å². The second-order valence-corrected chi connectivity index (χ2v) is 5.59. The molecule has 0 aromatic carbocycles. The van der Waals surface area contributed by atoms with E-state index >= 15 is 0 Å². The first kappa shape index (κ1) is 10.3. The van der Waals surface area contributed by atoms with Crippen molar-refractivity contribution in [3.63, 3.8) is 0 Å². The maximum Gasteiger partial charge on any atom is -0.0172 e. The van der Waals surface area contributed by atoms with Gasteiger partial charge in [-0.25, -0.2) is 0 Å². The zero-order valence-corrected chi connectivity index (χ0v) is 9.76. The first-order valence-electron chi connectivity index (χ1n) is 6.41. The van der Waals surface area contributed by atoms with Crippen molar-refractivity contribution in [2.45, 2.75) is 52.4 Å². The average Bonchev–Trinajstić information content (AvgIpc) is 2.88. The molecule has 2 unspecified atom stereocenters. The Morgan fingerprint density at radius 3 is 2.57 bits per heavy atom. The van der Waals surface area contributed by atoms with E-state index in [0.717, 1.165) is 23.7 Å². The fourth-order valence-corrected chi connectivity index (χ4v) is 2.99. The third kappa shape index (κ3) is 2.04. The van der Waals surface area contributed by atoms with E-state index in [0.29, 0.717) is 0 Å². The molecule has 0 bridgehead atoms. The van der Waals surface area contributed by atoms with Gasteiger partial charge < -0.3 is 0 Å². The minimum atomic E-state index is 0.904. The van der Waals surface area contributed by atoms with Crippen LogP contribution in [0.1, 0.15) is 52.4 Å². The van der Waals surface area contributed by atoms with Gasteiger partial charge in [0.1, 0.15) is 0 Å². The zero-order valence-electron chi connectivity index (χ0n) is 9.76. The van der Waals surface area contributed by atoms with Gasteiger partial charge in [0.15, 0.2) is 0 Å². The predicted molar refractivity (Wildman–Crippen MR) is 62.2 cm³/mol. The monoisotopic (exact) mass is 192 g/mol. The molecule has 0 aromatic rings. The Hall–Kier alpha value is -0.260. The number of hydrogen-bond acceptors (Lipinski definition) is 0. The third-order valence-electron chi connectivity index (χ3n) is 4.23. The van der Waals surface area contributed by atoms with E-state index in [-0.39, 0.29) is 0 Å². The fraction of sp³-hybridized carbons (Fsp3) is 0.857. The maximum atomic E-state index is 4.33. The summed E-state index contributed by atoms with van der Waals surface area (Å²) in [6.45, 7) is 8.99. The molecule has 0 amide bonds. The summed E-state index contributed by atoms with van der Waals surface area (Å²) in [5, 5.41) is 0. The molecule has 2 rings (SSSR count). The summed E-state index contributed by atoms with van der Waals surface area (Å²) in [7, 11) is 0. The van der Waals surface area contributed by atoms with Crippen LogP contribution in [0, 0.1) is 23.7 Å². The van der Waals surface area contributed by atoms with Crippen LogP contribution in [0.5, 0.6) is 0 Å². The molecule has 14 heavy (non-hydrogen) atoms. The van der Waals surface area contributed by atoms with Gasteiger partial charge in [-0.1, -0.05) is 38.8 Å². The van der Waals surface area contributed by atoms with Crippen LogP contribution in [-0.2, 0) is 0 Å². The number of unbranched alkanes of at least 4 members (excludes halogenated alkanes) is 1. The van der Waals surface area contributed by atoms with E-state index in [1.54, 1.807) is 5.57 Å². The molecule has 0 aliphatic heterocycles. The topological polar surface area (TPSA) is 0 Å². The molecule has 0 heterocycles. The summed E-state index contributed by atoms with van der Waals surface area (Å²) < 4.78 is 0. The van der Waals surface area contributed by atoms with Crippen LogP contribution >= 0.6 is 0 Å². The summed E-state index contributed by atoms with van der Waals surface area (Å²) in [5.41, 5.74) is 1.62. The minimum Gasteiger partial charge on any atom is -0.0993 e. The van der Waals surface area contributed by atoms with Crippen LogP contribution in [0.15, 0.2) is 12.2 Å². The lowest BCUT2D eigenvalue weighted by atomic mass is 9.71. The van der Waals surface area contributed by atoms with Crippen LogP contribution in [0.2, 0.25) is 0 Å². The van der Waals surface area contributed by atoms with Crippen molar-refractivity contribution in [1.29, 1.82) is 0 Å². The number of rotatable bonds is 5. The van der Waals surface area contributed by atoms with E-state index in [1.807, 2.05) is 0 Å². The molecule has 80 valence electrons. The molecule has 0 nitrogen and oxygen atoms in total. The van der Waals surface area contributed by atoms with Gasteiger partial charge in [-0.2, -0.15) is 0 Å². The number of allylic oxidation sites excluding steroid dienone is 1. The summed E-state index contributed by atoms with van der Waals surface area (Å²) in [6, 6.07) is 0.